The fraction of sp³-hybridized carbons (Fsp3) is 0.222. The Balaban J connectivity index is 1.47. The summed E-state index contributed by atoms with van der Waals surface area (Å²) in [6, 6.07) is 23.8. The highest BCUT2D eigenvalue weighted by Crippen LogP contribution is 2.22. The van der Waals surface area contributed by atoms with E-state index in [2.05, 4.69) is 16.2 Å². The highest BCUT2D eigenvalue weighted by molar-refractivity contribution is 5.97. The summed E-state index contributed by atoms with van der Waals surface area (Å²) < 4.78 is 5.68. The first-order valence-corrected chi connectivity index (χ1v) is 11.1. The summed E-state index contributed by atoms with van der Waals surface area (Å²) in [5.41, 5.74) is 7.83. The molecule has 3 aromatic carbocycles. The van der Waals surface area contributed by atoms with Gasteiger partial charge >= 0.3 is 0 Å². The van der Waals surface area contributed by atoms with E-state index in [1.165, 1.54) is 0 Å². The second kappa shape index (κ2) is 11.7. The van der Waals surface area contributed by atoms with E-state index in [1.54, 1.807) is 43.3 Å². The van der Waals surface area contributed by atoms with Crippen molar-refractivity contribution < 1.29 is 19.1 Å². The third kappa shape index (κ3) is 7.20. The minimum absolute atomic E-state index is 0.0804. The van der Waals surface area contributed by atoms with Gasteiger partial charge in [0.05, 0.1) is 0 Å². The number of carbonyl (C=O) groups is 3. The molecule has 0 heterocycles. The van der Waals surface area contributed by atoms with Gasteiger partial charge in [-0.1, -0.05) is 56.3 Å². The Morgan fingerprint density at radius 1 is 0.765 bits per heavy atom. The third-order valence-corrected chi connectivity index (χ3v) is 4.97. The summed E-state index contributed by atoms with van der Waals surface area (Å²) >= 11 is 0. The number of hydrogen-bond acceptors (Lipinski definition) is 4. The summed E-state index contributed by atoms with van der Waals surface area (Å²) in [5.74, 6) is -0.244. The number of hydrazine groups is 1. The van der Waals surface area contributed by atoms with Crippen LogP contribution in [0.2, 0.25) is 0 Å². The maximum Gasteiger partial charge on any atom is 0.279 e. The Bertz CT molecular complexity index is 1110. The maximum atomic E-state index is 12.3. The highest BCUT2D eigenvalue weighted by atomic mass is 16.5. The van der Waals surface area contributed by atoms with Crippen LogP contribution in [0.1, 0.15) is 37.6 Å². The number of rotatable bonds is 8. The minimum atomic E-state index is -0.818. The molecule has 3 rings (SSSR count). The van der Waals surface area contributed by atoms with Crippen molar-refractivity contribution in [3.8, 4) is 16.9 Å². The Morgan fingerprint density at radius 2 is 1.38 bits per heavy atom. The van der Waals surface area contributed by atoms with Crippen molar-refractivity contribution in [1.82, 2.24) is 10.9 Å². The lowest BCUT2D eigenvalue weighted by Crippen LogP contribution is -2.47. The van der Waals surface area contributed by atoms with E-state index in [-0.39, 0.29) is 11.8 Å². The molecule has 0 aliphatic heterocycles. The summed E-state index contributed by atoms with van der Waals surface area (Å²) in [4.78, 5) is 36.5. The zero-order valence-corrected chi connectivity index (χ0v) is 19.5. The molecule has 7 heteroatoms. The van der Waals surface area contributed by atoms with Crippen LogP contribution in [0, 0.1) is 5.92 Å². The van der Waals surface area contributed by atoms with Crippen LogP contribution in [-0.4, -0.2) is 23.8 Å². The van der Waals surface area contributed by atoms with Crippen molar-refractivity contribution >= 4 is 23.4 Å². The standard InChI is InChI=1S/C27H29N3O4/c1-18(2)17-25(31)28-23-13-9-22(10-14-23)27(33)30-29-26(32)19(3)34-24-15-11-21(12-16-24)20-7-5-4-6-8-20/h4-16,18-19H,17H2,1-3H3,(H,28,31)(H,29,32)(H,30,33)/t19-/m0/s1. The molecule has 0 radical (unpaired) electrons. The molecule has 0 aromatic heterocycles. The van der Waals surface area contributed by atoms with Crippen LogP contribution in [0.3, 0.4) is 0 Å². The Labute approximate surface area is 199 Å². The topological polar surface area (TPSA) is 96.5 Å². The van der Waals surface area contributed by atoms with Crippen LogP contribution in [0.5, 0.6) is 5.75 Å². The first-order chi connectivity index (χ1) is 16.3. The van der Waals surface area contributed by atoms with E-state index >= 15 is 0 Å². The molecular formula is C27H29N3O4. The molecule has 3 amide bonds. The van der Waals surface area contributed by atoms with Crippen molar-refractivity contribution in [2.45, 2.75) is 33.3 Å². The van der Waals surface area contributed by atoms with Crippen LogP contribution in [-0.2, 0) is 9.59 Å². The quantitative estimate of drug-likeness (QED) is 0.430. The van der Waals surface area contributed by atoms with E-state index in [9.17, 15) is 14.4 Å². The summed E-state index contributed by atoms with van der Waals surface area (Å²) in [5, 5.41) is 2.78. The number of anilines is 1. The largest absolute Gasteiger partial charge is 0.481 e. The first-order valence-electron chi connectivity index (χ1n) is 11.1. The summed E-state index contributed by atoms with van der Waals surface area (Å²) in [7, 11) is 0. The predicted molar refractivity (Wildman–Crippen MR) is 132 cm³/mol. The molecule has 0 bridgehead atoms. The van der Waals surface area contributed by atoms with Gasteiger partial charge in [0.25, 0.3) is 11.8 Å². The molecule has 1 atom stereocenters. The zero-order chi connectivity index (χ0) is 24.5. The summed E-state index contributed by atoms with van der Waals surface area (Å²) in [6.07, 6.45) is -0.396. The molecule has 0 saturated heterocycles. The van der Waals surface area contributed by atoms with Gasteiger partial charge in [-0.2, -0.15) is 0 Å². The van der Waals surface area contributed by atoms with Crippen molar-refractivity contribution in [3.05, 3.63) is 84.4 Å². The highest BCUT2D eigenvalue weighted by Gasteiger charge is 2.16. The van der Waals surface area contributed by atoms with Gasteiger partial charge < -0.3 is 10.1 Å². The van der Waals surface area contributed by atoms with Crippen LogP contribution in [0.25, 0.3) is 11.1 Å². The molecule has 3 N–H and O–H groups in total. The molecular weight excluding hydrogens is 430 g/mol. The van der Waals surface area contributed by atoms with Gasteiger partial charge in [-0.05, 0) is 60.4 Å². The molecule has 0 aliphatic carbocycles. The first kappa shape index (κ1) is 24.5. The molecule has 3 aromatic rings. The van der Waals surface area contributed by atoms with Crippen molar-refractivity contribution in [2.24, 2.45) is 5.92 Å². The smallest absolute Gasteiger partial charge is 0.279 e. The van der Waals surface area contributed by atoms with E-state index in [0.29, 0.717) is 23.4 Å². The van der Waals surface area contributed by atoms with E-state index < -0.39 is 17.9 Å². The molecule has 0 fully saturated rings. The average molecular weight is 460 g/mol. The fourth-order valence-electron chi connectivity index (χ4n) is 3.19. The third-order valence-electron chi connectivity index (χ3n) is 4.97. The molecule has 0 spiro atoms. The lowest BCUT2D eigenvalue weighted by Gasteiger charge is -2.15. The van der Waals surface area contributed by atoms with Gasteiger partial charge in [0.2, 0.25) is 5.91 Å². The van der Waals surface area contributed by atoms with E-state index in [4.69, 9.17) is 4.74 Å². The number of amides is 3. The molecule has 176 valence electrons. The fourth-order valence-corrected chi connectivity index (χ4v) is 3.19. The molecule has 0 unspecified atom stereocenters. The van der Waals surface area contributed by atoms with Gasteiger partial charge in [0.15, 0.2) is 6.10 Å². The lowest BCUT2D eigenvalue weighted by molar-refractivity contribution is -0.128. The SMILES string of the molecule is CC(C)CC(=O)Nc1ccc(C(=O)NNC(=O)[C@H](C)Oc2ccc(-c3ccccc3)cc2)cc1. The van der Waals surface area contributed by atoms with Gasteiger partial charge in [-0.15, -0.1) is 0 Å². The Hall–Kier alpha value is -4.13. The van der Waals surface area contributed by atoms with E-state index in [1.807, 2.05) is 56.3 Å². The van der Waals surface area contributed by atoms with Crippen LogP contribution >= 0.6 is 0 Å². The van der Waals surface area contributed by atoms with Crippen molar-refractivity contribution in [1.29, 1.82) is 0 Å². The minimum Gasteiger partial charge on any atom is -0.481 e. The van der Waals surface area contributed by atoms with Gasteiger partial charge in [0.1, 0.15) is 5.75 Å². The number of nitrogens with one attached hydrogen (secondary N) is 3. The van der Waals surface area contributed by atoms with Gasteiger partial charge in [-0.25, -0.2) is 0 Å². The van der Waals surface area contributed by atoms with E-state index in [0.717, 1.165) is 11.1 Å². The molecule has 7 nitrogen and oxygen atoms in total. The Morgan fingerprint density at radius 3 is 2.00 bits per heavy atom. The van der Waals surface area contributed by atoms with Gasteiger partial charge in [0, 0.05) is 17.7 Å². The number of ether oxygens (including phenoxy) is 1. The second-order valence-electron chi connectivity index (χ2n) is 8.32. The van der Waals surface area contributed by atoms with Crippen LogP contribution < -0.4 is 20.9 Å². The normalized spacial score (nSPS) is 11.4. The maximum absolute atomic E-state index is 12.3. The lowest BCUT2D eigenvalue weighted by atomic mass is 10.1. The number of carbonyl (C=O) groups excluding carboxylic acids is 3. The number of benzene rings is 3. The summed E-state index contributed by atoms with van der Waals surface area (Å²) in [6.45, 7) is 5.53. The Kier molecular flexibility index (Phi) is 8.40. The zero-order valence-electron chi connectivity index (χ0n) is 19.5. The number of hydrogen-bond donors (Lipinski definition) is 3. The van der Waals surface area contributed by atoms with Crippen LogP contribution in [0.4, 0.5) is 5.69 Å². The van der Waals surface area contributed by atoms with Gasteiger partial charge in [-0.3, -0.25) is 25.2 Å². The van der Waals surface area contributed by atoms with Crippen molar-refractivity contribution in [3.63, 3.8) is 0 Å². The average Bonchev–Trinajstić information content (AvgIpc) is 2.83. The molecule has 0 aliphatic rings. The molecule has 34 heavy (non-hydrogen) atoms. The monoisotopic (exact) mass is 459 g/mol. The van der Waals surface area contributed by atoms with Crippen LogP contribution in [0.15, 0.2) is 78.9 Å². The molecule has 0 saturated carbocycles. The second-order valence-corrected chi connectivity index (χ2v) is 8.32. The predicted octanol–water partition coefficient (Wildman–Crippen LogP) is 4.57. The van der Waals surface area contributed by atoms with Crippen molar-refractivity contribution in [2.75, 3.05) is 5.32 Å².